The number of ether oxygens (including phenoxy) is 1. The largest absolute Gasteiger partial charge is 0.378 e. The molecule has 0 aromatic heterocycles. The van der Waals surface area contributed by atoms with Gasteiger partial charge in [-0.15, -0.1) is 0 Å². The van der Waals surface area contributed by atoms with Crippen LogP contribution in [0.25, 0.3) is 0 Å². The molecule has 0 bridgehead atoms. The van der Waals surface area contributed by atoms with Crippen LogP contribution in [0, 0.1) is 15.9 Å². The number of anilines is 1. The third kappa shape index (κ3) is 3.41. The minimum atomic E-state index is -0.502. The first-order valence-electron chi connectivity index (χ1n) is 6.42. The van der Waals surface area contributed by atoms with Crippen LogP contribution in [-0.2, 0) is 4.74 Å². The van der Waals surface area contributed by atoms with Crippen LogP contribution in [0.1, 0.15) is 26.2 Å². The molecule has 5 nitrogen and oxygen atoms in total. The Balaban J connectivity index is 2.13. The molecular formula is C13H17FN2O3. The van der Waals surface area contributed by atoms with E-state index in [1.165, 1.54) is 12.1 Å². The molecule has 1 aliphatic rings. The number of nitro benzene ring substituents is 1. The standard InChI is InChI=1S/C13H17FN2O3/c1-2-11-8-10(5-6-19-11)15-12-7-9(14)3-4-13(12)16(17)18/h3-4,7,10-11,15H,2,5-6,8H2,1H3. The maximum atomic E-state index is 13.2. The van der Waals surface area contributed by atoms with Crippen LogP contribution in [0.4, 0.5) is 15.8 Å². The van der Waals surface area contributed by atoms with Crippen molar-refractivity contribution >= 4 is 11.4 Å². The molecule has 0 saturated carbocycles. The first kappa shape index (κ1) is 13.7. The molecule has 6 heteroatoms. The van der Waals surface area contributed by atoms with E-state index in [0.29, 0.717) is 6.61 Å². The Bertz CT molecular complexity index is 467. The zero-order valence-electron chi connectivity index (χ0n) is 10.8. The Morgan fingerprint density at radius 1 is 1.58 bits per heavy atom. The van der Waals surface area contributed by atoms with Crippen LogP contribution in [0.2, 0.25) is 0 Å². The predicted octanol–water partition coefficient (Wildman–Crippen LogP) is 3.10. The van der Waals surface area contributed by atoms with Crippen molar-refractivity contribution in [3.05, 3.63) is 34.1 Å². The van der Waals surface area contributed by atoms with E-state index in [9.17, 15) is 14.5 Å². The highest BCUT2D eigenvalue weighted by Gasteiger charge is 2.24. The van der Waals surface area contributed by atoms with E-state index in [1.807, 2.05) is 6.92 Å². The lowest BCUT2D eigenvalue weighted by Crippen LogP contribution is -2.33. The highest BCUT2D eigenvalue weighted by Crippen LogP contribution is 2.28. The van der Waals surface area contributed by atoms with Crippen LogP contribution in [0.5, 0.6) is 0 Å². The first-order valence-corrected chi connectivity index (χ1v) is 6.42. The Morgan fingerprint density at radius 2 is 2.37 bits per heavy atom. The fourth-order valence-corrected chi connectivity index (χ4v) is 2.30. The Labute approximate surface area is 110 Å². The second-order valence-electron chi connectivity index (χ2n) is 4.69. The van der Waals surface area contributed by atoms with Gasteiger partial charge in [0.25, 0.3) is 5.69 Å². The molecule has 1 aromatic carbocycles. The Kier molecular flexibility index (Phi) is 4.31. The zero-order chi connectivity index (χ0) is 13.8. The molecule has 104 valence electrons. The summed E-state index contributed by atoms with van der Waals surface area (Å²) in [6.45, 7) is 2.66. The van der Waals surface area contributed by atoms with E-state index >= 15 is 0 Å². The minimum Gasteiger partial charge on any atom is -0.378 e. The van der Waals surface area contributed by atoms with E-state index in [-0.39, 0.29) is 23.5 Å². The average molecular weight is 268 g/mol. The molecule has 1 aromatic rings. The number of hydrogen-bond acceptors (Lipinski definition) is 4. The molecule has 0 amide bonds. The van der Waals surface area contributed by atoms with Crippen molar-refractivity contribution in [1.82, 2.24) is 0 Å². The maximum absolute atomic E-state index is 13.2. The van der Waals surface area contributed by atoms with Gasteiger partial charge in [0.2, 0.25) is 0 Å². The van der Waals surface area contributed by atoms with Crippen molar-refractivity contribution in [3.63, 3.8) is 0 Å². The molecule has 2 atom stereocenters. The van der Waals surface area contributed by atoms with E-state index in [0.717, 1.165) is 25.3 Å². The van der Waals surface area contributed by atoms with Crippen molar-refractivity contribution in [2.24, 2.45) is 0 Å². The molecule has 19 heavy (non-hydrogen) atoms. The number of hydrogen-bond donors (Lipinski definition) is 1. The van der Waals surface area contributed by atoms with E-state index in [4.69, 9.17) is 4.74 Å². The van der Waals surface area contributed by atoms with Crippen LogP contribution >= 0.6 is 0 Å². The normalized spacial score (nSPS) is 23.1. The lowest BCUT2D eigenvalue weighted by Gasteiger charge is -2.30. The second kappa shape index (κ2) is 5.97. The van der Waals surface area contributed by atoms with Crippen molar-refractivity contribution in [3.8, 4) is 0 Å². The summed E-state index contributed by atoms with van der Waals surface area (Å²) in [7, 11) is 0. The molecule has 1 heterocycles. The third-order valence-electron chi connectivity index (χ3n) is 3.34. The summed E-state index contributed by atoms with van der Waals surface area (Å²) in [6, 6.07) is 3.55. The summed E-state index contributed by atoms with van der Waals surface area (Å²) in [5.41, 5.74) is 0.146. The number of nitro groups is 1. The van der Waals surface area contributed by atoms with Crippen molar-refractivity contribution < 1.29 is 14.1 Å². The van der Waals surface area contributed by atoms with Crippen LogP contribution in [0.15, 0.2) is 18.2 Å². The third-order valence-corrected chi connectivity index (χ3v) is 3.34. The highest BCUT2D eigenvalue weighted by molar-refractivity contribution is 5.61. The average Bonchev–Trinajstić information content (AvgIpc) is 2.38. The molecule has 0 aliphatic carbocycles. The zero-order valence-corrected chi connectivity index (χ0v) is 10.8. The van der Waals surface area contributed by atoms with Gasteiger partial charge in [-0.05, 0) is 25.3 Å². The second-order valence-corrected chi connectivity index (χ2v) is 4.69. The quantitative estimate of drug-likeness (QED) is 0.673. The van der Waals surface area contributed by atoms with Gasteiger partial charge in [0.15, 0.2) is 0 Å². The predicted molar refractivity (Wildman–Crippen MR) is 69.7 cm³/mol. The summed E-state index contributed by atoms with van der Waals surface area (Å²) in [4.78, 5) is 10.4. The lowest BCUT2D eigenvalue weighted by molar-refractivity contribution is -0.384. The molecular weight excluding hydrogens is 251 g/mol. The molecule has 1 N–H and O–H groups in total. The fourth-order valence-electron chi connectivity index (χ4n) is 2.30. The molecule has 2 unspecified atom stereocenters. The van der Waals surface area contributed by atoms with Crippen LogP contribution in [0.3, 0.4) is 0 Å². The van der Waals surface area contributed by atoms with Gasteiger partial charge in [-0.25, -0.2) is 4.39 Å². The first-order chi connectivity index (χ1) is 9.10. The molecule has 0 radical (unpaired) electrons. The number of halogens is 1. The summed E-state index contributed by atoms with van der Waals surface area (Å²) in [6.07, 6.45) is 2.62. The fraction of sp³-hybridized carbons (Fsp3) is 0.538. The summed E-state index contributed by atoms with van der Waals surface area (Å²) in [5.74, 6) is -0.479. The Morgan fingerprint density at radius 3 is 3.05 bits per heavy atom. The van der Waals surface area contributed by atoms with Gasteiger partial charge >= 0.3 is 0 Å². The smallest absolute Gasteiger partial charge is 0.292 e. The lowest BCUT2D eigenvalue weighted by atomic mass is 10.0. The molecule has 1 saturated heterocycles. The Hall–Kier alpha value is -1.69. The minimum absolute atomic E-state index is 0.0826. The molecule has 2 rings (SSSR count). The molecule has 0 spiro atoms. The van der Waals surface area contributed by atoms with Gasteiger partial charge in [0.05, 0.1) is 11.0 Å². The van der Waals surface area contributed by atoms with E-state index in [1.54, 1.807) is 0 Å². The van der Waals surface area contributed by atoms with E-state index in [2.05, 4.69) is 5.32 Å². The topological polar surface area (TPSA) is 64.4 Å². The number of rotatable bonds is 4. The van der Waals surface area contributed by atoms with Gasteiger partial charge in [-0.3, -0.25) is 10.1 Å². The summed E-state index contributed by atoms with van der Waals surface area (Å²) >= 11 is 0. The summed E-state index contributed by atoms with van der Waals surface area (Å²) < 4.78 is 18.8. The maximum Gasteiger partial charge on any atom is 0.292 e. The number of nitrogens with one attached hydrogen (secondary N) is 1. The van der Waals surface area contributed by atoms with Crippen LogP contribution < -0.4 is 5.32 Å². The van der Waals surface area contributed by atoms with Crippen LogP contribution in [-0.4, -0.2) is 23.7 Å². The number of nitrogens with zero attached hydrogens (tertiary/aromatic N) is 1. The van der Waals surface area contributed by atoms with Crippen molar-refractivity contribution in [1.29, 1.82) is 0 Å². The summed E-state index contributed by atoms with van der Waals surface area (Å²) in [5, 5.41) is 14.0. The SMILES string of the molecule is CCC1CC(Nc2cc(F)ccc2[N+](=O)[O-])CCO1. The van der Waals surface area contributed by atoms with Crippen molar-refractivity contribution in [2.45, 2.75) is 38.3 Å². The van der Waals surface area contributed by atoms with Gasteiger partial charge in [-0.2, -0.15) is 0 Å². The van der Waals surface area contributed by atoms with Gasteiger partial charge < -0.3 is 10.1 Å². The van der Waals surface area contributed by atoms with Gasteiger partial charge in [0.1, 0.15) is 11.5 Å². The number of benzene rings is 1. The molecule has 1 aliphatic heterocycles. The van der Waals surface area contributed by atoms with Gasteiger partial charge in [-0.1, -0.05) is 6.92 Å². The monoisotopic (exact) mass is 268 g/mol. The van der Waals surface area contributed by atoms with Crippen molar-refractivity contribution in [2.75, 3.05) is 11.9 Å². The van der Waals surface area contributed by atoms with E-state index < -0.39 is 10.7 Å². The van der Waals surface area contributed by atoms with Gasteiger partial charge in [0, 0.05) is 24.8 Å². The highest BCUT2D eigenvalue weighted by atomic mass is 19.1. The molecule has 1 fully saturated rings.